The Morgan fingerprint density at radius 1 is 1.07 bits per heavy atom. The van der Waals surface area contributed by atoms with Gasteiger partial charge in [-0.3, -0.25) is 4.90 Å². The van der Waals surface area contributed by atoms with E-state index >= 15 is 0 Å². The number of nitrogens with zero attached hydrogens (tertiary/aromatic N) is 1. The van der Waals surface area contributed by atoms with Crippen molar-refractivity contribution in [3.05, 3.63) is 0 Å². The molecule has 4 atom stereocenters. The van der Waals surface area contributed by atoms with Crippen LogP contribution < -0.4 is 5.73 Å². The Morgan fingerprint density at radius 3 is 2.67 bits per heavy atom. The van der Waals surface area contributed by atoms with Crippen molar-refractivity contribution in [1.82, 2.24) is 4.90 Å². The molecule has 2 aliphatic heterocycles. The molecular formula is C12H22N2O. The van der Waals surface area contributed by atoms with Crippen LogP contribution in [-0.2, 0) is 4.74 Å². The van der Waals surface area contributed by atoms with Crippen LogP contribution in [0.4, 0.5) is 0 Å². The van der Waals surface area contributed by atoms with E-state index in [1.807, 2.05) is 0 Å². The molecule has 3 heteroatoms. The quantitative estimate of drug-likeness (QED) is 0.701. The number of ether oxygens (including phenoxy) is 1. The van der Waals surface area contributed by atoms with Crippen molar-refractivity contribution in [3.8, 4) is 0 Å². The predicted molar refractivity (Wildman–Crippen MR) is 59.7 cm³/mol. The Balaban J connectivity index is 1.65. The average Bonchev–Trinajstić information content (AvgIpc) is 2.30. The van der Waals surface area contributed by atoms with Crippen molar-refractivity contribution in [2.24, 2.45) is 11.7 Å². The van der Waals surface area contributed by atoms with Gasteiger partial charge >= 0.3 is 0 Å². The van der Waals surface area contributed by atoms with E-state index in [1.54, 1.807) is 0 Å². The molecule has 1 aliphatic carbocycles. The maximum absolute atomic E-state index is 6.29. The Kier molecular flexibility index (Phi) is 2.71. The first-order valence-electron chi connectivity index (χ1n) is 6.49. The van der Waals surface area contributed by atoms with E-state index in [2.05, 4.69) is 4.90 Å². The molecule has 3 fully saturated rings. The van der Waals surface area contributed by atoms with Crippen molar-refractivity contribution in [3.63, 3.8) is 0 Å². The number of nitrogens with two attached hydrogens (primary N) is 1. The average molecular weight is 210 g/mol. The molecule has 2 N–H and O–H groups in total. The lowest BCUT2D eigenvalue weighted by molar-refractivity contribution is -0.157. The maximum Gasteiger partial charge on any atom is 0.0788 e. The van der Waals surface area contributed by atoms with Gasteiger partial charge in [-0.1, -0.05) is 6.42 Å². The van der Waals surface area contributed by atoms with Gasteiger partial charge in [0.15, 0.2) is 0 Å². The van der Waals surface area contributed by atoms with E-state index in [9.17, 15) is 0 Å². The van der Waals surface area contributed by atoms with Crippen LogP contribution in [0.2, 0.25) is 0 Å². The Bertz CT molecular complexity index is 220. The molecule has 0 bridgehead atoms. The van der Waals surface area contributed by atoms with Crippen LogP contribution in [0, 0.1) is 5.92 Å². The third-order valence-electron chi connectivity index (χ3n) is 4.45. The molecule has 3 aliphatic rings. The lowest BCUT2D eigenvalue weighted by atomic mass is 9.67. The lowest BCUT2D eigenvalue weighted by Gasteiger charge is -2.57. The second-order valence-corrected chi connectivity index (χ2v) is 5.31. The predicted octanol–water partition coefficient (Wildman–Crippen LogP) is 0.977. The van der Waals surface area contributed by atoms with Crippen molar-refractivity contribution in [1.29, 1.82) is 0 Å². The van der Waals surface area contributed by atoms with Crippen molar-refractivity contribution >= 4 is 0 Å². The third kappa shape index (κ3) is 1.61. The number of hydrogen-bond donors (Lipinski definition) is 1. The van der Waals surface area contributed by atoms with Crippen molar-refractivity contribution < 1.29 is 4.74 Å². The van der Waals surface area contributed by atoms with E-state index in [1.165, 1.54) is 45.2 Å². The smallest absolute Gasteiger partial charge is 0.0788 e. The van der Waals surface area contributed by atoms with Crippen LogP contribution >= 0.6 is 0 Å². The monoisotopic (exact) mass is 210 g/mol. The van der Waals surface area contributed by atoms with Gasteiger partial charge in [-0.2, -0.15) is 0 Å². The van der Waals surface area contributed by atoms with Crippen LogP contribution in [0.25, 0.3) is 0 Å². The Morgan fingerprint density at radius 2 is 1.87 bits per heavy atom. The Hall–Kier alpha value is -0.120. The Labute approximate surface area is 91.9 Å². The highest BCUT2D eigenvalue weighted by molar-refractivity contribution is 5.08. The second-order valence-electron chi connectivity index (χ2n) is 5.31. The molecule has 0 aromatic carbocycles. The highest BCUT2D eigenvalue weighted by Gasteiger charge is 2.52. The van der Waals surface area contributed by atoms with Crippen LogP contribution in [0.15, 0.2) is 0 Å². The highest BCUT2D eigenvalue weighted by atomic mass is 16.5. The summed E-state index contributed by atoms with van der Waals surface area (Å²) in [5.74, 6) is 0.658. The molecule has 0 spiro atoms. The van der Waals surface area contributed by atoms with E-state index in [-0.39, 0.29) is 0 Å². The van der Waals surface area contributed by atoms with Gasteiger partial charge in [0.1, 0.15) is 0 Å². The summed E-state index contributed by atoms with van der Waals surface area (Å²) in [6.07, 6.45) is 7.05. The normalized spacial score (nSPS) is 47.0. The molecule has 86 valence electrons. The molecule has 0 amide bonds. The summed E-state index contributed by atoms with van der Waals surface area (Å²) in [4.78, 5) is 2.58. The maximum atomic E-state index is 6.29. The molecule has 2 saturated heterocycles. The molecule has 0 aromatic rings. The van der Waals surface area contributed by atoms with Gasteiger partial charge in [0.2, 0.25) is 0 Å². The minimum absolute atomic E-state index is 0.383. The summed E-state index contributed by atoms with van der Waals surface area (Å²) >= 11 is 0. The minimum atomic E-state index is 0.383. The molecule has 4 unspecified atom stereocenters. The van der Waals surface area contributed by atoms with Crippen LogP contribution in [-0.4, -0.2) is 42.8 Å². The highest BCUT2D eigenvalue weighted by Crippen LogP contribution is 2.40. The topological polar surface area (TPSA) is 38.5 Å². The van der Waals surface area contributed by atoms with Crippen LogP contribution in [0.1, 0.15) is 32.1 Å². The van der Waals surface area contributed by atoms with Gasteiger partial charge in [0.25, 0.3) is 0 Å². The van der Waals surface area contributed by atoms with Gasteiger partial charge in [-0.05, 0) is 38.8 Å². The first kappa shape index (κ1) is 10.1. The third-order valence-corrected chi connectivity index (χ3v) is 4.45. The fourth-order valence-corrected chi connectivity index (χ4v) is 3.58. The second kappa shape index (κ2) is 4.04. The fourth-order valence-electron chi connectivity index (χ4n) is 3.58. The summed E-state index contributed by atoms with van der Waals surface area (Å²) in [6, 6.07) is 0.920. The van der Waals surface area contributed by atoms with Gasteiger partial charge in [-0.25, -0.2) is 0 Å². The molecule has 1 saturated carbocycles. The fraction of sp³-hybridized carbons (Fsp3) is 1.00. The summed E-state index contributed by atoms with van der Waals surface area (Å²) in [5.41, 5.74) is 6.29. The van der Waals surface area contributed by atoms with Gasteiger partial charge < -0.3 is 10.5 Å². The zero-order valence-electron chi connectivity index (χ0n) is 9.40. The summed E-state index contributed by atoms with van der Waals surface area (Å²) in [6.45, 7) is 3.44. The molecule has 2 heterocycles. The van der Waals surface area contributed by atoms with Gasteiger partial charge in [0, 0.05) is 18.6 Å². The zero-order valence-corrected chi connectivity index (χ0v) is 9.40. The lowest BCUT2D eigenvalue weighted by Crippen LogP contribution is -2.72. The first-order valence-corrected chi connectivity index (χ1v) is 6.49. The number of hydrogen-bond acceptors (Lipinski definition) is 3. The number of likely N-dealkylation sites (tertiary alicyclic amines) is 1. The standard InChI is InChI=1S/C12H22N2O/c13-10-9-5-4-8-15-12(9)11(10)14-6-2-1-3-7-14/h9-12H,1-8,13H2. The number of piperidine rings is 1. The number of fused-ring (bicyclic) bond motifs is 1. The molecular weight excluding hydrogens is 188 g/mol. The molecule has 15 heavy (non-hydrogen) atoms. The SMILES string of the molecule is NC1C2CCCOC2C1N1CCCCC1. The summed E-state index contributed by atoms with van der Waals surface area (Å²) in [7, 11) is 0. The molecule has 0 radical (unpaired) electrons. The number of rotatable bonds is 1. The van der Waals surface area contributed by atoms with Crippen LogP contribution in [0.5, 0.6) is 0 Å². The molecule has 0 aromatic heterocycles. The minimum Gasteiger partial charge on any atom is -0.376 e. The largest absolute Gasteiger partial charge is 0.376 e. The van der Waals surface area contributed by atoms with Crippen LogP contribution in [0.3, 0.4) is 0 Å². The van der Waals surface area contributed by atoms with Gasteiger partial charge in [-0.15, -0.1) is 0 Å². The first-order chi connectivity index (χ1) is 7.38. The van der Waals surface area contributed by atoms with E-state index < -0.39 is 0 Å². The molecule has 3 rings (SSSR count). The van der Waals surface area contributed by atoms with Crippen molar-refractivity contribution in [2.75, 3.05) is 19.7 Å². The molecule has 3 nitrogen and oxygen atoms in total. The summed E-state index contributed by atoms with van der Waals surface area (Å²) < 4.78 is 5.89. The van der Waals surface area contributed by atoms with E-state index in [0.717, 1.165) is 6.61 Å². The van der Waals surface area contributed by atoms with E-state index in [4.69, 9.17) is 10.5 Å². The zero-order chi connectivity index (χ0) is 10.3. The van der Waals surface area contributed by atoms with Crippen molar-refractivity contribution in [2.45, 2.75) is 50.3 Å². The van der Waals surface area contributed by atoms with E-state index in [0.29, 0.717) is 24.1 Å². The van der Waals surface area contributed by atoms with Gasteiger partial charge in [0.05, 0.1) is 12.1 Å². The summed E-state index contributed by atoms with van der Waals surface area (Å²) in [5, 5.41) is 0.